The van der Waals surface area contributed by atoms with Crippen LogP contribution in [0, 0.1) is 0 Å². The van der Waals surface area contributed by atoms with E-state index in [0.29, 0.717) is 0 Å². The lowest BCUT2D eigenvalue weighted by atomic mass is 10.1. The molecule has 1 saturated heterocycles. The number of hydrogen-bond acceptors (Lipinski definition) is 5. The molecule has 1 unspecified atom stereocenters. The van der Waals surface area contributed by atoms with Gasteiger partial charge in [-0.1, -0.05) is 11.6 Å². The molecule has 1 fully saturated rings. The molecule has 0 saturated carbocycles. The molecule has 9 heteroatoms. The Morgan fingerprint density at radius 2 is 2.00 bits per heavy atom. The van der Waals surface area contributed by atoms with Gasteiger partial charge < -0.3 is 15.0 Å². The van der Waals surface area contributed by atoms with Crippen LogP contribution in [0.2, 0.25) is 5.02 Å². The molecule has 1 aromatic rings. The summed E-state index contributed by atoms with van der Waals surface area (Å²) in [5, 5.41) is 3.17. The number of amides is 1. The van der Waals surface area contributed by atoms with Crippen LogP contribution in [0.5, 0.6) is 5.75 Å². The van der Waals surface area contributed by atoms with Crippen LogP contribution in [0.15, 0.2) is 23.1 Å². The van der Waals surface area contributed by atoms with Gasteiger partial charge in [-0.25, -0.2) is 8.42 Å². The summed E-state index contributed by atoms with van der Waals surface area (Å²) in [6.45, 7) is 3.33. The molecule has 1 aliphatic rings. The molecule has 140 valence electrons. The van der Waals surface area contributed by atoms with Crippen molar-refractivity contribution in [1.29, 1.82) is 0 Å². The number of nitrogens with zero attached hydrogens (tertiary/aromatic N) is 1. The number of piperidine rings is 1. The first-order valence-electron chi connectivity index (χ1n) is 8.07. The zero-order chi connectivity index (χ0) is 18.6. The number of halogens is 1. The fourth-order valence-corrected chi connectivity index (χ4v) is 4.32. The fourth-order valence-electron chi connectivity index (χ4n) is 2.69. The first kappa shape index (κ1) is 20.0. The van der Waals surface area contributed by atoms with Crippen molar-refractivity contribution in [3.8, 4) is 5.75 Å². The predicted molar refractivity (Wildman–Crippen MR) is 96.4 cm³/mol. The highest BCUT2D eigenvalue weighted by Gasteiger charge is 2.27. The van der Waals surface area contributed by atoms with E-state index in [0.717, 1.165) is 25.9 Å². The SMILES string of the molecule is COc1ccc(Cl)cc1S(=O)(=O)NC(C)C(=O)NC1CCN(C)CC1. The van der Waals surface area contributed by atoms with Gasteiger partial charge in [0.25, 0.3) is 0 Å². The van der Waals surface area contributed by atoms with Gasteiger partial charge in [-0.2, -0.15) is 4.72 Å². The Hall–Kier alpha value is -1.35. The second kappa shape index (κ2) is 8.35. The molecular weight excluding hydrogens is 366 g/mol. The fraction of sp³-hybridized carbons (Fsp3) is 0.562. The van der Waals surface area contributed by atoms with Gasteiger partial charge in [-0.05, 0) is 58.1 Å². The van der Waals surface area contributed by atoms with E-state index in [9.17, 15) is 13.2 Å². The summed E-state index contributed by atoms with van der Waals surface area (Å²) < 4.78 is 32.6. The van der Waals surface area contributed by atoms with Crippen molar-refractivity contribution in [2.75, 3.05) is 27.2 Å². The molecule has 1 aromatic carbocycles. The second-order valence-electron chi connectivity index (χ2n) is 6.22. The predicted octanol–water partition coefficient (Wildman–Crippen LogP) is 1.23. The molecule has 2 N–H and O–H groups in total. The third-order valence-corrected chi connectivity index (χ3v) is 6.00. The quantitative estimate of drug-likeness (QED) is 0.764. The molecule has 0 bridgehead atoms. The molecule has 1 amide bonds. The van der Waals surface area contributed by atoms with E-state index in [1.54, 1.807) is 0 Å². The molecule has 0 spiro atoms. The summed E-state index contributed by atoms with van der Waals surface area (Å²) >= 11 is 5.89. The molecule has 25 heavy (non-hydrogen) atoms. The average molecular weight is 390 g/mol. The van der Waals surface area contributed by atoms with Gasteiger partial charge in [-0.3, -0.25) is 4.79 Å². The Balaban J connectivity index is 2.04. The van der Waals surface area contributed by atoms with E-state index in [-0.39, 0.29) is 27.6 Å². The Bertz CT molecular complexity index is 718. The van der Waals surface area contributed by atoms with E-state index in [2.05, 4.69) is 14.9 Å². The highest BCUT2D eigenvalue weighted by atomic mass is 35.5. The number of carbonyl (C=O) groups excluding carboxylic acids is 1. The third kappa shape index (κ3) is 5.31. The smallest absolute Gasteiger partial charge is 0.245 e. The lowest BCUT2D eigenvalue weighted by Crippen LogP contribution is -2.50. The van der Waals surface area contributed by atoms with Crippen LogP contribution >= 0.6 is 11.6 Å². The highest BCUT2D eigenvalue weighted by Crippen LogP contribution is 2.27. The van der Waals surface area contributed by atoms with E-state index in [1.165, 1.54) is 32.2 Å². The van der Waals surface area contributed by atoms with Crippen LogP contribution in [-0.4, -0.2) is 58.6 Å². The van der Waals surface area contributed by atoms with Crippen molar-refractivity contribution >= 4 is 27.5 Å². The summed E-state index contributed by atoms with van der Waals surface area (Å²) in [6.07, 6.45) is 1.70. The molecule has 0 radical (unpaired) electrons. The number of likely N-dealkylation sites (tertiary alicyclic amines) is 1. The number of ether oxygens (including phenoxy) is 1. The van der Waals surface area contributed by atoms with E-state index < -0.39 is 16.1 Å². The summed E-state index contributed by atoms with van der Waals surface area (Å²) in [5.74, 6) is -0.182. The zero-order valence-electron chi connectivity index (χ0n) is 14.6. The summed E-state index contributed by atoms with van der Waals surface area (Å²) in [5.41, 5.74) is 0. The van der Waals surface area contributed by atoms with Crippen LogP contribution in [0.1, 0.15) is 19.8 Å². The van der Waals surface area contributed by atoms with Gasteiger partial charge in [0.2, 0.25) is 15.9 Å². The first-order chi connectivity index (χ1) is 11.7. The number of benzene rings is 1. The minimum Gasteiger partial charge on any atom is -0.495 e. The minimum absolute atomic E-state index is 0.0661. The van der Waals surface area contributed by atoms with Crippen LogP contribution in [0.4, 0.5) is 0 Å². The van der Waals surface area contributed by atoms with E-state index >= 15 is 0 Å². The van der Waals surface area contributed by atoms with Gasteiger partial charge in [0.1, 0.15) is 10.6 Å². The molecule has 1 heterocycles. The van der Waals surface area contributed by atoms with Crippen molar-refractivity contribution in [3.05, 3.63) is 23.2 Å². The Morgan fingerprint density at radius 3 is 2.60 bits per heavy atom. The lowest BCUT2D eigenvalue weighted by Gasteiger charge is -2.30. The van der Waals surface area contributed by atoms with E-state index in [1.807, 2.05) is 7.05 Å². The highest BCUT2D eigenvalue weighted by molar-refractivity contribution is 7.89. The van der Waals surface area contributed by atoms with Crippen LogP contribution in [-0.2, 0) is 14.8 Å². The first-order valence-corrected chi connectivity index (χ1v) is 9.94. The van der Waals surface area contributed by atoms with Gasteiger partial charge >= 0.3 is 0 Å². The Morgan fingerprint density at radius 1 is 1.36 bits per heavy atom. The maximum absolute atomic E-state index is 12.6. The Kier molecular flexibility index (Phi) is 6.67. The maximum atomic E-state index is 12.6. The topological polar surface area (TPSA) is 87.7 Å². The third-order valence-electron chi connectivity index (χ3n) is 4.21. The van der Waals surface area contributed by atoms with Crippen LogP contribution in [0.3, 0.4) is 0 Å². The average Bonchev–Trinajstić information content (AvgIpc) is 2.56. The van der Waals surface area contributed by atoms with Gasteiger partial charge in [0.05, 0.1) is 13.2 Å². The number of hydrogen-bond donors (Lipinski definition) is 2. The lowest BCUT2D eigenvalue weighted by molar-refractivity contribution is -0.123. The normalized spacial score (nSPS) is 17.9. The van der Waals surface area contributed by atoms with Gasteiger partial charge in [0.15, 0.2) is 0 Å². The summed E-state index contributed by atoms with van der Waals surface area (Å²) in [4.78, 5) is 14.4. The number of nitrogens with one attached hydrogen (secondary N) is 2. The van der Waals surface area contributed by atoms with Crippen LogP contribution in [0.25, 0.3) is 0 Å². The standard InChI is InChI=1S/C16H24ClN3O4S/c1-11(16(21)18-13-6-8-20(2)9-7-13)19-25(22,23)15-10-12(17)4-5-14(15)24-3/h4-5,10-11,13,19H,6-9H2,1-3H3,(H,18,21). The van der Waals surface area contributed by atoms with Crippen molar-refractivity contribution < 1.29 is 17.9 Å². The molecule has 0 aliphatic carbocycles. The van der Waals surface area contributed by atoms with Crippen molar-refractivity contribution in [3.63, 3.8) is 0 Å². The zero-order valence-corrected chi connectivity index (χ0v) is 16.2. The van der Waals surface area contributed by atoms with Crippen molar-refractivity contribution in [1.82, 2.24) is 14.9 Å². The monoisotopic (exact) mass is 389 g/mol. The van der Waals surface area contributed by atoms with Crippen molar-refractivity contribution in [2.24, 2.45) is 0 Å². The van der Waals surface area contributed by atoms with Crippen LogP contribution < -0.4 is 14.8 Å². The molecular formula is C16H24ClN3O4S. The molecule has 7 nitrogen and oxygen atoms in total. The largest absolute Gasteiger partial charge is 0.495 e. The molecule has 1 atom stereocenters. The maximum Gasteiger partial charge on any atom is 0.245 e. The van der Waals surface area contributed by atoms with E-state index in [4.69, 9.17) is 16.3 Å². The summed E-state index contributed by atoms with van der Waals surface area (Å²) in [7, 11) is -0.539. The molecule has 2 rings (SSSR count). The number of sulfonamides is 1. The molecule has 0 aromatic heterocycles. The number of methoxy groups -OCH3 is 1. The Labute approximate surface area is 153 Å². The number of carbonyl (C=O) groups is 1. The van der Waals surface area contributed by atoms with Gasteiger partial charge in [-0.15, -0.1) is 0 Å². The van der Waals surface area contributed by atoms with Gasteiger partial charge in [0, 0.05) is 11.1 Å². The number of rotatable bonds is 6. The second-order valence-corrected chi connectivity index (χ2v) is 8.34. The summed E-state index contributed by atoms with van der Waals surface area (Å²) in [6, 6.07) is 3.46. The van der Waals surface area contributed by atoms with Crippen molar-refractivity contribution in [2.45, 2.75) is 36.7 Å². The molecule has 1 aliphatic heterocycles. The minimum atomic E-state index is -3.95.